The summed E-state index contributed by atoms with van der Waals surface area (Å²) in [4.78, 5) is 11.4. The van der Waals surface area contributed by atoms with E-state index in [2.05, 4.69) is 45.9 Å². The van der Waals surface area contributed by atoms with E-state index in [9.17, 15) is 4.79 Å². The highest BCUT2D eigenvalue weighted by molar-refractivity contribution is 5.70. The smallest absolute Gasteiger partial charge is 0.306 e. The molecule has 17 heavy (non-hydrogen) atoms. The molecule has 1 unspecified atom stereocenters. The lowest BCUT2D eigenvalue weighted by Gasteiger charge is -2.21. The minimum absolute atomic E-state index is 0.137. The van der Waals surface area contributed by atoms with Crippen molar-refractivity contribution in [2.45, 2.75) is 40.0 Å². The largest absolute Gasteiger partial charge is 0.469 e. The van der Waals surface area contributed by atoms with E-state index < -0.39 is 0 Å². The molecule has 0 aliphatic heterocycles. The average molecular weight is 234 g/mol. The first-order chi connectivity index (χ1) is 7.95. The minimum Gasteiger partial charge on any atom is -0.469 e. The molecule has 0 heterocycles. The first-order valence-corrected chi connectivity index (χ1v) is 6.09. The molecule has 0 aromatic heterocycles. The first-order valence-electron chi connectivity index (χ1n) is 6.09. The van der Waals surface area contributed by atoms with Crippen LogP contribution in [0.2, 0.25) is 0 Å². The second kappa shape index (κ2) is 5.85. The number of esters is 1. The first kappa shape index (κ1) is 13.8. The molecule has 0 amide bonds. The fourth-order valence-corrected chi connectivity index (χ4v) is 2.00. The van der Waals surface area contributed by atoms with E-state index in [1.807, 2.05) is 0 Å². The van der Waals surface area contributed by atoms with Crippen LogP contribution in [0.3, 0.4) is 0 Å². The highest BCUT2D eigenvalue weighted by atomic mass is 16.5. The molecule has 1 aromatic rings. The molecule has 0 N–H and O–H groups in total. The molecule has 0 saturated heterocycles. The van der Waals surface area contributed by atoms with Crippen LogP contribution < -0.4 is 0 Å². The van der Waals surface area contributed by atoms with Gasteiger partial charge in [0.15, 0.2) is 0 Å². The maximum Gasteiger partial charge on any atom is 0.306 e. The lowest BCUT2D eigenvalue weighted by molar-refractivity contribution is -0.141. The van der Waals surface area contributed by atoms with E-state index in [1.54, 1.807) is 0 Å². The van der Waals surface area contributed by atoms with E-state index in [-0.39, 0.29) is 11.9 Å². The van der Waals surface area contributed by atoms with Crippen molar-refractivity contribution in [3.05, 3.63) is 34.9 Å². The van der Waals surface area contributed by atoms with Crippen LogP contribution in [-0.2, 0) is 9.53 Å². The maximum absolute atomic E-state index is 11.4. The Kier molecular flexibility index (Phi) is 4.73. The Hall–Kier alpha value is -1.31. The van der Waals surface area contributed by atoms with Crippen molar-refractivity contribution in [1.29, 1.82) is 0 Å². The van der Waals surface area contributed by atoms with Crippen molar-refractivity contribution in [2.24, 2.45) is 5.92 Å². The van der Waals surface area contributed by atoms with Gasteiger partial charge >= 0.3 is 5.97 Å². The van der Waals surface area contributed by atoms with Crippen LogP contribution in [-0.4, -0.2) is 13.1 Å². The van der Waals surface area contributed by atoms with Crippen LogP contribution in [0, 0.1) is 19.8 Å². The molecule has 1 atom stereocenters. The second-order valence-corrected chi connectivity index (χ2v) is 4.97. The number of hydrogen-bond acceptors (Lipinski definition) is 2. The van der Waals surface area contributed by atoms with Crippen LogP contribution in [0.4, 0.5) is 0 Å². The van der Waals surface area contributed by atoms with Crippen molar-refractivity contribution >= 4 is 5.97 Å². The van der Waals surface area contributed by atoms with Gasteiger partial charge < -0.3 is 4.74 Å². The highest BCUT2D eigenvalue weighted by Gasteiger charge is 2.20. The van der Waals surface area contributed by atoms with E-state index in [1.165, 1.54) is 23.8 Å². The van der Waals surface area contributed by atoms with Gasteiger partial charge in [-0.15, -0.1) is 0 Å². The minimum atomic E-state index is -0.137. The molecule has 0 bridgehead atoms. The molecule has 1 aromatic carbocycles. The number of aryl methyl sites for hydroxylation is 2. The SMILES string of the molecule is COC(=O)CC(c1ccc(C)c(C)c1)C(C)C. The Morgan fingerprint density at radius 1 is 1.24 bits per heavy atom. The Balaban J connectivity index is 2.97. The summed E-state index contributed by atoms with van der Waals surface area (Å²) in [5, 5.41) is 0. The van der Waals surface area contributed by atoms with Gasteiger partial charge in [0.1, 0.15) is 0 Å². The van der Waals surface area contributed by atoms with Crippen molar-refractivity contribution < 1.29 is 9.53 Å². The molecular formula is C15H22O2. The number of carbonyl (C=O) groups is 1. The zero-order valence-corrected chi connectivity index (χ0v) is 11.4. The van der Waals surface area contributed by atoms with Gasteiger partial charge in [0.2, 0.25) is 0 Å². The molecular weight excluding hydrogens is 212 g/mol. The van der Waals surface area contributed by atoms with Crippen molar-refractivity contribution in [3.8, 4) is 0 Å². The van der Waals surface area contributed by atoms with Crippen LogP contribution in [0.5, 0.6) is 0 Å². The van der Waals surface area contributed by atoms with E-state index in [4.69, 9.17) is 4.74 Å². The lowest BCUT2D eigenvalue weighted by Crippen LogP contribution is -2.14. The third kappa shape index (κ3) is 3.58. The Morgan fingerprint density at radius 3 is 2.35 bits per heavy atom. The molecule has 2 heteroatoms. The number of carbonyl (C=O) groups excluding carboxylic acids is 1. The quantitative estimate of drug-likeness (QED) is 0.744. The van der Waals surface area contributed by atoms with Crippen LogP contribution in [0.1, 0.15) is 42.9 Å². The average Bonchev–Trinajstić information content (AvgIpc) is 2.29. The second-order valence-electron chi connectivity index (χ2n) is 4.97. The Labute approximate surface area is 104 Å². The van der Waals surface area contributed by atoms with Gasteiger partial charge in [-0.25, -0.2) is 0 Å². The molecule has 1 rings (SSSR count). The zero-order valence-electron chi connectivity index (χ0n) is 11.4. The third-order valence-electron chi connectivity index (χ3n) is 3.38. The van der Waals surface area contributed by atoms with Crippen molar-refractivity contribution in [2.75, 3.05) is 7.11 Å². The third-order valence-corrected chi connectivity index (χ3v) is 3.38. The summed E-state index contributed by atoms with van der Waals surface area (Å²) in [6.07, 6.45) is 0.455. The molecule has 0 fully saturated rings. The Morgan fingerprint density at radius 2 is 1.88 bits per heavy atom. The zero-order chi connectivity index (χ0) is 13.0. The standard InChI is InChI=1S/C15H22O2/c1-10(2)14(9-15(16)17-5)13-7-6-11(3)12(4)8-13/h6-8,10,14H,9H2,1-5H3. The van der Waals surface area contributed by atoms with Gasteiger partial charge in [0, 0.05) is 0 Å². The summed E-state index contributed by atoms with van der Waals surface area (Å²) in [5.41, 5.74) is 3.79. The van der Waals surface area contributed by atoms with Crippen LogP contribution in [0.15, 0.2) is 18.2 Å². The van der Waals surface area contributed by atoms with Gasteiger partial charge in [-0.1, -0.05) is 32.0 Å². The number of methoxy groups -OCH3 is 1. The number of ether oxygens (including phenoxy) is 1. The molecule has 0 radical (unpaired) electrons. The van der Waals surface area contributed by atoms with E-state index in [0.717, 1.165) is 0 Å². The van der Waals surface area contributed by atoms with Gasteiger partial charge in [0.05, 0.1) is 13.5 Å². The predicted molar refractivity (Wildman–Crippen MR) is 70.1 cm³/mol. The topological polar surface area (TPSA) is 26.3 Å². The number of hydrogen-bond donors (Lipinski definition) is 0. The monoisotopic (exact) mass is 234 g/mol. The van der Waals surface area contributed by atoms with Crippen LogP contribution in [0.25, 0.3) is 0 Å². The van der Waals surface area contributed by atoms with Crippen molar-refractivity contribution in [3.63, 3.8) is 0 Å². The normalized spacial score (nSPS) is 12.6. The molecule has 2 nitrogen and oxygen atoms in total. The molecule has 94 valence electrons. The Bertz CT molecular complexity index is 394. The summed E-state index contributed by atoms with van der Waals surface area (Å²) in [5.74, 6) is 0.528. The highest BCUT2D eigenvalue weighted by Crippen LogP contribution is 2.29. The predicted octanol–water partition coefficient (Wildman–Crippen LogP) is 3.61. The van der Waals surface area contributed by atoms with E-state index >= 15 is 0 Å². The van der Waals surface area contributed by atoms with Gasteiger partial charge in [-0.3, -0.25) is 4.79 Å². The molecule has 0 saturated carbocycles. The van der Waals surface area contributed by atoms with Crippen LogP contribution >= 0.6 is 0 Å². The fourth-order valence-electron chi connectivity index (χ4n) is 2.00. The van der Waals surface area contributed by atoms with Gasteiger partial charge in [0.25, 0.3) is 0 Å². The summed E-state index contributed by atoms with van der Waals surface area (Å²) in [6.45, 7) is 8.49. The molecule has 0 spiro atoms. The molecule has 0 aliphatic carbocycles. The van der Waals surface area contributed by atoms with Crippen molar-refractivity contribution in [1.82, 2.24) is 0 Å². The summed E-state index contributed by atoms with van der Waals surface area (Å²) in [7, 11) is 1.44. The molecule has 0 aliphatic rings. The van der Waals surface area contributed by atoms with Gasteiger partial charge in [-0.05, 0) is 42.4 Å². The number of rotatable bonds is 4. The summed E-state index contributed by atoms with van der Waals surface area (Å²) >= 11 is 0. The maximum atomic E-state index is 11.4. The summed E-state index contributed by atoms with van der Waals surface area (Å²) < 4.78 is 4.77. The van der Waals surface area contributed by atoms with Gasteiger partial charge in [-0.2, -0.15) is 0 Å². The van der Waals surface area contributed by atoms with E-state index in [0.29, 0.717) is 12.3 Å². The fraction of sp³-hybridized carbons (Fsp3) is 0.533. The summed E-state index contributed by atoms with van der Waals surface area (Å²) in [6, 6.07) is 6.43. The lowest BCUT2D eigenvalue weighted by atomic mass is 9.84. The number of benzene rings is 1.